The van der Waals surface area contributed by atoms with Crippen LogP contribution in [0.4, 0.5) is 11.6 Å². The molecular weight excluding hydrogens is 364 g/mol. The van der Waals surface area contributed by atoms with Gasteiger partial charge in [-0.3, -0.25) is 15.0 Å². The number of hydrogen-bond acceptors (Lipinski definition) is 8. The molecular formula is C18H18N6O2S. The first kappa shape index (κ1) is 17.5. The smallest absolute Gasteiger partial charge is 0.305 e. The predicted octanol–water partition coefficient (Wildman–Crippen LogP) is 2.83. The fourth-order valence-electron chi connectivity index (χ4n) is 3.00. The van der Waals surface area contributed by atoms with Crippen LogP contribution in [0.15, 0.2) is 48.1 Å². The van der Waals surface area contributed by atoms with Crippen molar-refractivity contribution in [2.24, 2.45) is 0 Å². The van der Waals surface area contributed by atoms with Crippen LogP contribution in [0.1, 0.15) is 5.69 Å². The molecule has 3 aromatic rings. The molecule has 1 fully saturated rings. The summed E-state index contributed by atoms with van der Waals surface area (Å²) in [4.78, 5) is 27.6. The van der Waals surface area contributed by atoms with E-state index in [1.165, 1.54) is 12.4 Å². The molecule has 27 heavy (non-hydrogen) atoms. The number of benzene rings is 1. The van der Waals surface area contributed by atoms with Crippen LogP contribution >= 0.6 is 11.3 Å². The lowest BCUT2D eigenvalue weighted by Gasteiger charge is -2.34. The topological polar surface area (TPSA) is 88.3 Å². The van der Waals surface area contributed by atoms with Crippen LogP contribution in [-0.4, -0.2) is 51.0 Å². The SMILES string of the molecule is O=[N+]([O-])c1cnc(N2CCN(Cc3csc(-c4ccccc4)n3)CC2)nc1. The van der Waals surface area contributed by atoms with E-state index >= 15 is 0 Å². The minimum absolute atomic E-state index is 0.0878. The zero-order valence-electron chi connectivity index (χ0n) is 14.6. The van der Waals surface area contributed by atoms with Crippen molar-refractivity contribution in [1.82, 2.24) is 19.9 Å². The number of hydrogen-bond donors (Lipinski definition) is 0. The Hall–Kier alpha value is -2.91. The third kappa shape index (κ3) is 4.09. The van der Waals surface area contributed by atoms with Crippen LogP contribution in [0.2, 0.25) is 0 Å². The summed E-state index contributed by atoms with van der Waals surface area (Å²) in [7, 11) is 0. The highest BCUT2D eigenvalue weighted by Gasteiger charge is 2.20. The highest BCUT2D eigenvalue weighted by molar-refractivity contribution is 7.13. The second-order valence-electron chi connectivity index (χ2n) is 6.27. The quantitative estimate of drug-likeness (QED) is 0.495. The molecule has 4 rings (SSSR count). The van der Waals surface area contributed by atoms with Gasteiger partial charge in [-0.1, -0.05) is 30.3 Å². The van der Waals surface area contributed by atoms with Crippen LogP contribution in [0.25, 0.3) is 10.6 Å². The molecule has 2 aromatic heterocycles. The number of aromatic nitrogens is 3. The van der Waals surface area contributed by atoms with Gasteiger partial charge in [0.25, 0.3) is 0 Å². The molecule has 0 unspecified atom stereocenters. The van der Waals surface area contributed by atoms with E-state index in [0.717, 1.165) is 49.0 Å². The van der Waals surface area contributed by atoms with Crippen molar-refractivity contribution in [2.45, 2.75) is 6.54 Å². The molecule has 138 valence electrons. The molecule has 0 spiro atoms. The van der Waals surface area contributed by atoms with Gasteiger partial charge in [0.05, 0.1) is 10.6 Å². The molecule has 0 aliphatic carbocycles. The number of nitro groups is 1. The van der Waals surface area contributed by atoms with E-state index in [4.69, 9.17) is 4.98 Å². The molecule has 1 saturated heterocycles. The number of piperazine rings is 1. The van der Waals surface area contributed by atoms with E-state index in [2.05, 4.69) is 37.3 Å². The average Bonchev–Trinajstić information content (AvgIpc) is 3.18. The lowest BCUT2D eigenvalue weighted by Crippen LogP contribution is -2.46. The molecule has 1 aliphatic rings. The second-order valence-corrected chi connectivity index (χ2v) is 7.13. The lowest BCUT2D eigenvalue weighted by molar-refractivity contribution is -0.385. The summed E-state index contributed by atoms with van der Waals surface area (Å²) in [5.74, 6) is 0.542. The van der Waals surface area contributed by atoms with Gasteiger partial charge in [0, 0.05) is 43.7 Å². The van der Waals surface area contributed by atoms with Crippen molar-refractivity contribution in [3.8, 4) is 10.6 Å². The lowest BCUT2D eigenvalue weighted by atomic mass is 10.2. The van der Waals surface area contributed by atoms with E-state index in [1.54, 1.807) is 11.3 Å². The van der Waals surface area contributed by atoms with Crippen LogP contribution in [-0.2, 0) is 6.54 Å². The van der Waals surface area contributed by atoms with Gasteiger partial charge >= 0.3 is 5.69 Å². The molecule has 1 aliphatic heterocycles. The Morgan fingerprint density at radius 1 is 1.07 bits per heavy atom. The minimum atomic E-state index is -0.487. The Kier molecular flexibility index (Phi) is 5.03. The van der Waals surface area contributed by atoms with Gasteiger partial charge in [0.2, 0.25) is 5.95 Å². The van der Waals surface area contributed by atoms with Gasteiger partial charge in [-0.2, -0.15) is 0 Å². The van der Waals surface area contributed by atoms with E-state index in [-0.39, 0.29) is 5.69 Å². The van der Waals surface area contributed by atoms with E-state index in [0.29, 0.717) is 5.95 Å². The van der Waals surface area contributed by atoms with Crippen molar-refractivity contribution in [1.29, 1.82) is 0 Å². The van der Waals surface area contributed by atoms with Crippen LogP contribution in [0.5, 0.6) is 0 Å². The Balaban J connectivity index is 1.33. The van der Waals surface area contributed by atoms with E-state index in [9.17, 15) is 10.1 Å². The highest BCUT2D eigenvalue weighted by atomic mass is 32.1. The minimum Gasteiger partial charge on any atom is -0.338 e. The Morgan fingerprint density at radius 3 is 2.44 bits per heavy atom. The second kappa shape index (κ2) is 7.77. The van der Waals surface area contributed by atoms with Crippen LogP contribution in [0, 0.1) is 10.1 Å². The van der Waals surface area contributed by atoms with Crippen LogP contribution < -0.4 is 4.90 Å². The normalized spacial score (nSPS) is 15.0. The average molecular weight is 382 g/mol. The summed E-state index contributed by atoms with van der Waals surface area (Å²) >= 11 is 1.67. The standard InChI is InChI=1S/C18H18N6O2S/c25-24(26)16-10-19-18(20-11-16)23-8-6-22(7-9-23)12-15-13-27-17(21-15)14-4-2-1-3-5-14/h1-5,10-11,13H,6-9,12H2. The zero-order chi connectivity index (χ0) is 18.6. The summed E-state index contributed by atoms with van der Waals surface area (Å²) in [5, 5.41) is 13.9. The maximum atomic E-state index is 10.7. The number of anilines is 1. The first-order chi connectivity index (χ1) is 13.2. The molecule has 8 nitrogen and oxygen atoms in total. The van der Waals surface area contributed by atoms with Gasteiger partial charge in [0.1, 0.15) is 17.4 Å². The summed E-state index contributed by atoms with van der Waals surface area (Å²) in [6.45, 7) is 4.14. The van der Waals surface area contributed by atoms with Gasteiger partial charge in [-0.05, 0) is 0 Å². The maximum Gasteiger partial charge on any atom is 0.305 e. The largest absolute Gasteiger partial charge is 0.338 e. The third-order valence-electron chi connectivity index (χ3n) is 4.45. The maximum absolute atomic E-state index is 10.7. The van der Waals surface area contributed by atoms with E-state index in [1.807, 2.05) is 18.2 Å². The Bertz CT molecular complexity index is 907. The van der Waals surface area contributed by atoms with Crippen molar-refractivity contribution in [3.05, 3.63) is 63.9 Å². The summed E-state index contributed by atoms with van der Waals surface area (Å²) in [5.41, 5.74) is 2.14. The molecule has 0 radical (unpaired) electrons. The number of thiazole rings is 1. The Morgan fingerprint density at radius 2 is 1.78 bits per heavy atom. The van der Waals surface area contributed by atoms with Gasteiger partial charge in [-0.15, -0.1) is 11.3 Å². The molecule has 0 bridgehead atoms. The molecule has 0 amide bonds. The molecule has 9 heteroatoms. The van der Waals surface area contributed by atoms with Gasteiger partial charge in [0.15, 0.2) is 0 Å². The van der Waals surface area contributed by atoms with Gasteiger partial charge in [-0.25, -0.2) is 15.0 Å². The molecule has 0 N–H and O–H groups in total. The summed E-state index contributed by atoms with van der Waals surface area (Å²) < 4.78 is 0. The monoisotopic (exact) mass is 382 g/mol. The molecule has 3 heterocycles. The van der Waals surface area contributed by atoms with Crippen molar-refractivity contribution in [2.75, 3.05) is 31.1 Å². The third-order valence-corrected chi connectivity index (χ3v) is 5.39. The first-order valence-corrected chi connectivity index (χ1v) is 9.50. The predicted molar refractivity (Wildman–Crippen MR) is 104 cm³/mol. The summed E-state index contributed by atoms with van der Waals surface area (Å²) in [6, 6.07) is 10.2. The van der Waals surface area contributed by atoms with E-state index < -0.39 is 4.92 Å². The van der Waals surface area contributed by atoms with Crippen molar-refractivity contribution in [3.63, 3.8) is 0 Å². The first-order valence-electron chi connectivity index (χ1n) is 8.62. The summed E-state index contributed by atoms with van der Waals surface area (Å²) in [6.07, 6.45) is 2.52. The molecule has 0 atom stereocenters. The fraction of sp³-hybridized carbons (Fsp3) is 0.278. The van der Waals surface area contributed by atoms with Crippen molar-refractivity contribution >= 4 is 23.0 Å². The van der Waals surface area contributed by atoms with Crippen molar-refractivity contribution < 1.29 is 4.92 Å². The molecule has 1 aromatic carbocycles. The number of rotatable bonds is 5. The fourth-order valence-corrected chi connectivity index (χ4v) is 3.82. The molecule has 0 saturated carbocycles. The van der Waals surface area contributed by atoms with Crippen LogP contribution in [0.3, 0.4) is 0 Å². The highest BCUT2D eigenvalue weighted by Crippen LogP contribution is 2.24. The number of nitrogens with zero attached hydrogens (tertiary/aromatic N) is 6. The zero-order valence-corrected chi connectivity index (χ0v) is 15.4. The Labute approximate surface area is 160 Å². The van der Waals surface area contributed by atoms with Gasteiger partial charge < -0.3 is 4.90 Å².